The zero-order valence-electron chi connectivity index (χ0n) is 18.5. The third kappa shape index (κ3) is 4.11. The molecule has 3 aliphatic rings. The summed E-state index contributed by atoms with van der Waals surface area (Å²) in [4.78, 5) is 25.0. The minimum Gasteiger partial charge on any atom is -0.489 e. The van der Waals surface area contributed by atoms with Gasteiger partial charge in [0.2, 0.25) is 0 Å². The second kappa shape index (κ2) is 8.66. The Kier molecular flexibility index (Phi) is 5.84. The van der Waals surface area contributed by atoms with E-state index in [1.807, 2.05) is 13.8 Å². The van der Waals surface area contributed by atoms with E-state index in [9.17, 15) is 14.7 Å². The number of nitrogens with zero attached hydrogens (tertiary/aromatic N) is 1. The Labute approximate surface area is 196 Å². The summed E-state index contributed by atoms with van der Waals surface area (Å²) in [5, 5.41) is 10.0. The monoisotopic (exact) mass is 475 g/mol. The number of carboxylic acid groups (broad SMARTS) is 1. The van der Waals surface area contributed by atoms with Crippen molar-refractivity contribution < 1.29 is 28.8 Å². The van der Waals surface area contributed by atoms with Crippen molar-refractivity contribution in [2.75, 3.05) is 26.4 Å². The molecule has 0 amide bonds. The highest BCUT2D eigenvalue weighted by atomic mass is 35.5. The number of aromatic nitrogens is 1. The molecule has 2 atom stereocenters. The Morgan fingerprint density at radius 1 is 1.27 bits per heavy atom. The van der Waals surface area contributed by atoms with Crippen LogP contribution < -0.4 is 15.0 Å². The van der Waals surface area contributed by atoms with E-state index in [0.29, 0.717) is 53.2 Å². The number of ether oxygens (including phenoxy) is 4. The molecule has 2 fully saturated rings. The smallest absolute Gasteiger partial charge is 0.341 e. The van der Waals surface area contributed by atoms with Crippen LogP contribution in [0.5, 0.6) is 11.5 Å². The van der Waals surface area contributed by atoms with Crippen molar-refractivity contribution in [3.05, 3.63) is 44.7 Å². The molecular formula is C24H26ClNO7. The normalized spacial score (nSPS) is 21.8. The van der Waals surface area contributed by atoms with Gasteiger partial charge in [-0.15, -0.1) is 0 Å². The van der Waals surface area contributed by atoms with E-state index in [4.69, 9.17) is 30.5 Å². The number of carbonyl (C=O) groups is 1. The molecule has 1 aliphatic carbocycles. The van der Waals surface area contributed by atoms with Crippen LogP contribution in [0.4, 0.5) is 0 Å². The molecule has 2 aromatic rings. The fourth-order valence-electron chi connectivity index (χ4n) is 4.43. The number of benzene rings is 1. The SMILES string of the molecule is CC(C)C1Oc2cc(OC[C@H]3COCCO3)c(Cl)cc2-c2c1cc(C(=O)O)c(=O)n2C1CC1. The molecule has 5 rings (SSSR count). The predicted molar refractivity (Wildman–Crippen MR) is 121 cm³/mol. The summed E-state index contributed by atoms with van der Waals surface area (Å²) in [6.07, 6.45) is 1.07. The van der Waals surface area contributed by atoms with Gasteiger partial charge in [-0.05, 0) is 30.9 Å². The molecule has 1 saturated heterocycles. The molecule has 0 bridgehead atoms. The minimum atomic E-state index is -1.24. The molecule has 1 saturated carbocycles. The summed E-state index contributed by atoms with van der Waals surface area (Å²) in [6.45, 7) is 5.85. The number of aromatic carboxylic acids is 1. The first-order valence-electron chi connectivity index (χ1n) is 11.2. The van der Waals surface area contributed by atoms with Gasteiger partial charge in [-0.3, -0.25) is 4.79 Å². The van der Waals surface area contributed by atoms with Gasteiger partial charge >= 0.3 is 5.97 Å². The quantitative estimate of drug-likeness (QED) is 0.672. The van der Waals surface area contributed by atoms with Gasteiger partial charge in [0.05, 0.1) is 30.5 Å². The van der Waals surface area contributed by atoms with Crippen molar-refractivity contribution in [2.45, 2.75) is 44.9 Å². The van der Waals surface area contributed by atoms with E-state index in [1.165, 1.54) is 6.07 Å². The first-order chi connectivity index (χ1) is 15.8. The standard InChI is InChI=1S/C24H26ClNO7/c1-12(2)22-16-7-17(24(28)29)23(27)26(13-3-4-13)21(16)15-8-18(25)20(9-19(15)33-22)32-11-14-10-30-5-6-31-14/h7-9,12-14,22H,3-6,10-11H2,1-2H3,(H,28,29)/t14-,22?/m1/s1. The second-order valence-corrected chi connectivity index (χ2v) is 9.42. The van der Waals surface area contributed by atoms with Gasteiger partial charge in [0.1, 0.15) is 35.9 Å². The average Bonchev–Trinajstić information content (AvgIpc) is 3.62. The van der Waals surface area contributed by atoms with Gasteiger partial charge in [-0.1, -0.05) is 25.4 Å². The summed E-state index contributed by atoms with van der Waals surface area (Å²) in [5.74, 6) is -0.186. The van der Waals surface area contributed by atoms with Crippen molar-refractivity contribution in [2.24, 2.45) is 5.92 Å². The lowest BCUT2D eigenvalue weighted by atomic mass is 9.90. The zero-order chi connectivity index (χ0) is 23.3. The van der Waals surface area contributed by atoms with E-state index < -0.39 is 17.6 Å². The van der Waals surface area contributed by atoms with Crippen LogP contribution in [0.15, 0.2) is 23.0 Å². The molecule has 1 aromatic carbocycles. The van der Waals surface area contributed by atoms with Crippen LogP contribution in [0.2, 0.25) is 5.02 Å². The Balaban J connectivity index is 1.60. The number of halogens is 1. The maximum absolute atomic E-state index is 13.1. The van der Waals surface area contributed by atoms with Crippen molar-refractivity contribution in [3.8, 4) is 22.8 Å². The first kappa shape index (κ1) is 22.3. The van der Waals surface area contributed by atoms with Crippen LogP contribution in [0.1, 0.15) is 54.8 Å². The number of hydrogen-bond donors (Lipinski definition) is 1. The minimum absolute atomic E-state index is 0.0255. The zero-order valence-corrected chi connectivity index (χ0v) is 19.3. The van der Waals surface area contributed by atoms with E-state index in [0.717, 1.165) is 12.8 Å². The van der Waals surface area contributed by atoms with Crippen molar-refractivity contribution in [3.63, 3.8) is 0 Å². The lowest BCUT2D eigenvalue weighted by Gasteiger charge is -2.33. The van der Waals surface area contributed by atoms with Gasteiger partial charge < -0.3 is 28.6 Å². The molecule has 0 radical (unpaired) electrons. The highest BCUT2D eigenvalue weighted by Gasteiger charge is 2.38. The van der Waals surface area contributed by atoms with Gasteiger partial charge in [-0.2, -0.15) is 0 Å². The molecule has 1 N–H and O–H groups in total. The van der Waals surface area contributed by atoms with Crippen LogP contribution >= 0.6 is 11.6 Å². The maximum atomic E-state index is 13.1. The second-order valence-electron chi connectivity index (χ2n) is 9.01. The van der Waals surface area contributed by atoms with Gasteiger partial charge in [0.25, 0.3) is 5.56 Å². The molecule has 0 spiro atoms. The number of carboxylic acids is 1. The van der Waals surface area contributed by atoms with E-state index in [1.54, 1.807) is 16.7 Å². The molecule has 1 aromatic heterocycles. The Hall–Kier alpha value is -2.55. The van der Waals surface area contributed by atoms with Crippen molar-refractivity contribution in [1.29, 1.82) is 0 Å². The Bertz CT molecular complexity index is 1150. The molecular weight excluding hydrogens is 450 g/mol. The molecule has 1 unspecified atom stereocenters. The fraction of sp³-hybridized carbons (Fsp3) is 0.500. The van der Waals surface area contributed by atoms with E-state index in [2.05, 4.69) is 0 Å². The van der Waals surface area contributed by atoms with Crippen LogP contribution in [-0.4, -0.2) is 48.2 Å². The van der Waals surface area contributed by atoms with Gasteiger partial charge in [-0.25, -0.2) is 4.79 Å². The summed E-state index contributed by atoms with van der Waals surface area (Å²) >= 11 is 6.58. The number of hydrogen-bond acceptors (Lipinski definition) is 6. The predicted octanol–water partition coefficient (Wildman–Crippen LogP) is 4.09. The fourth-order valence-corrected chi connectivity index (χ4v) is 4.65. The highest BCUT2D eigenvalue weighted by molar-refractivity contribution is 6.32. The topological polar surface area (TPSA) is 96.2 Å². The van der Waals surface area contributed by atoms with Crippen LogP contribution in [0, 0.1) is 5.92 Å². The van der Waals surface area contributed by atoms with E-state index in [-0.39, 0.29) is 30.2 Å². The molecule has 176 valence electrons. The molecule has 8 nitrogen and oxygen atoms in total. The number of pyridine rings is 1. The summed E-state index contributed by atoms with van der Waals surface area (Å²) in [7, 11) is 0. The third-order valence-electron chi connectivity index (χ3n) is 6.17. The van der Waals surface area contributed by atoms with Crippen molar-refractivity contribution in [1.82, 2.24) is 4.57 Å². The van der Waals surface area contributed by atoms with Crippen molar-refractivity contribution >= 4 is 17.6 Å². The first-order valence-corrected chi connectivity index (χ1v) is 11.6. The Morgan fingerprint density at radius 3 is 2.70 bits per heavy atom. The highest BCUT2D eigenvalue weighted by Crippen LogP contribution is 2.50. The largest absolute Gasteiger partial charge is 0.489 e. The molecule has 3 heterocycles. The molecule has 2 aliphatic heterocycles. The lowest BCUT2D eigenvalue weighted by Crippen LogP contribution is -2.33. The maximum Gasteiger partial charge on any atom is 0.341 e. The van der Waals surface area contributed by atoms with Gasteiger partial charge in [0, 0.05) is 23.2 Å². The summed E-state index contributed by atoms with van der Waals surface area (Å²) in [6, 6.07) is 4.92. The summed E-state index contributed by atoms with van der Waals surface area (Å²) < 4.78 is 24.9. The van der Waals surface area contributed by atoms with Crippen LogP contribution in [-0.2, 0) is 9.47 Å². The average molecular weight is 476 g/mol. The lowest BCUT2D eigenvalue weighted by molar-refractivity contribution is -0.101. The molecule has 33 heavy (non-hydrogen) atoms. The number of fused-ring (bicyclic) bond motifs is 3. The molecule has 9 heteroatoms. The van der Waals surface area contributed by atoms with E-state index >= 15 is 0 Å². The number of rotatable bonds is 6. The van der Waals surface area contributed by atoms with Crippen LogP contribution in [0.25, 0.3) is 11.3 Å². The van der Waals surface area contributed by atoms with Gasteiger partial charge in [0.15, 0.2) is 0 Å². The third-order valence-corrected chi connectivity index (χ3v) is 6.47. The Morgan fingerprint density at radius 2 is 2.06 bits per heavy atom. The summed E-state index contributed by atoms with van der Waals surface area (Å²) in [5.41, 5.74) is 1.31. The van der Waals surface area contributed by atoms with Crippen LogP contribution in [0.3, 0.4) is 0 Å².